The predicted octanol–water partition coefficient (Wildman–Crippen LogP) is 4.31. The summed E-state index contributed by atoms with van der Waals surface area (Å²) in [5.74, 6) is -2.47. The molecule has 0 unspecified atom stereocenters. The fourth-order valence-electron chi connectivity index (χ4n) is 3.03. The number of amides is 2. The molecular formula is C20H20F4N2O2. The zero-order valence-electron chi connectivity index (χ0n) is 15.3. The maximum atomic E-state index is 13.9. The number of alkyl halides is 3. The standard InChI is InChI=1S/C20H20F4N2O2/c1-3-17(18(25)27)26(19(28)13-7-5-4-6-8-13)12(2)14-9-15(20(22,23)24)11-16(21)10-14/h4-12,17H,3H2,1-2H3,(H2,25,27)/t12-,17-/m1/s1. The molecule has 150 valence electrons. The molecule has 2 N–H and O–H groups in total. The molecule has 0 spiro atoms. The number of rotatable bonds is 6. The smallest absolute Gasteiger partial charge is 0.368 e. The fourth-order valence-corrected chi connectivity index (χ4v) is 3.03. The topological polar surface area (TPSA) is 63.4 Å². The molecule has 0 bridgehead atoms. The maximum Gasteiger partial charge on any atom is 0.416 e. The molecule has 0 radical (unpaired) electrons. The summed E-state index contributed by atoms with van der Waals surface area (Å²) < 4.78 is 53.1. The van der Waals surface area contributed by atoms with Crippen LogP contribution in [0.25, 0.3) is 0 Å². The molecule has 0 aliphatic rings. The summed E-state index contributed by atoms with van der Waals surface area (Å²) in [6.07, 6.45) is -4.60. The molecular weight excluding hydrogens is 376 g/mol. The van der Waals surface area contributed by atoms with Crippen molar-refractivity contribution in [1.82, 2.24) is 4.90 Å². The van der Waals surface area contributed by atoms with Crippen LogP contribution in [0.4, 0.5) is 17.6 Å². The lowest BCUT2D eigenvalue weighted by molar-refractivity contribution is -0.138. The van der Waals surface area contributed by atoms with Gasteiger partial charge in [-0.2, -0.15) is 13.2 Å². The monoisotopic (exact) mass is 396 g/mol. The van der Waals surface area contributed by atoms with Crippen molar-refractivity contribution in [3.8, 4) is 0 Å². The highest BCUT2D eigenvalue weighted by molar-refractivity contribution is 5.97. The van der Waals surface area contributed by atoms with E-state index >= 15 is 0 Å². The van der Waals surface area contributed by atoms with Crippen molar-refractivity contribution in [3.05, 3.63) is 71.0 Å². The number of hydrogen-bond acceptors (Lipinski definition) is 2. The molecule has 2 aromatic rings. The summed E-state index contributed by atoms with van der Waals surface area (Å²) in [6, 6.07) is 7.93. The van der Waals surface area contributed by atoms with Crippen LogP contribution in [0.1, 0.15) is 47.8 Å². The normalized spacial score (nSPS) is 13.6. The Labute approximate surface area is 159 Å². The third-order valence-corrected chi connectivity index (χ3v) is 4.45. The van der Waals surface area contributed by atoms with Crippen LogP contribution in [-0.2, 0) is 11.0 Å². The molecule has 2 amide bonds. The summed E-state index contributed by atoms with van der Waals surface area (Å²) in [4.78, 5) is 26.0. The molecule has 0 aromatic heterocycles. The minimum Gasteiger partial charge on any atom is -0.368 e. The first kappa shape index (κ1) is 21.4. The SMILES string of the molecule is CC[C@H](C(N)=O)N(C(=O)c1ccccc1)[C@H](C)c1cc(F)cc(C(F)(F)F)c1. The Hall–Kier alpha value is -2.90. The Morgan fingerprint density at radius 3 is 2.21 bits per heavy atom. The van der Waals surface area contributed by atoms with E-state index in [1.807, 2.05) is 0 Å². The third-order valence-electron chi connectivity index (χ3n) is 4.45. The quantitative estimate of drug-likeness (QED) is 0.740. The second kappa shape index (κ2) is 8.41. The van der Waals surface area contributed by atoms with E-state index in [2.05, 4.69) is 0 Å². The number of hydrogen-bond donors (Lipinski definition) is 1. The van der Waals surface area contributed by atoms with Crippen LogP contribution >= 0.6 is 0 Å². The van der Waals surface area contributed by atoms with Crippen molar-refractivity contribution in [2.75, 3.05) is 0 Å². The Bertz CT molecular complexity index is 853. The molecule has 2 rings (SSSR count). The lowest BCUT2D eigenvalue weighted by Crippen LogP contribution is -2.48. The molecule has 0 aliphatic carbocycles. The highest BCUT2D eigenvalue weighted by Gasteiger charge is 2.35. The summed E-state index contributed by atoms with van der Waals surface area (Å²) in [7, 11) is 0. The fraction of sp³-hybridized carbons (Fsp3) is 0.300. The second-order valence-electron chi connectivity index (χ2n) is 6.35. The van der Waals surface area contributed by atoms with Crippen molar-refractivity contribution >= 4 is 11.8 Å². The molecule has 0 aliphatic heterocycles. The van der Waals surface area contributed by atoms with Crippen LogP contribution in [0.3, 0.4) is 0 Å². The Kier molecular flexibility index (Phi) is 6.43. The zero-order valence-corrected chi connectivity index (χ0v) is 15.3. The number of nitrogens with zero attached hydrogens (tertiary/aromatic N) is 1. The van der Waals surface area contributed by atoms with Crippen molar-refractivity contribution in [3.63, 3.8) is 0 Å². The van der Waals surface area contributed by atoms with Gasteiger partial charge in [0.25, 0.3) is 5.91 Å². The van der Waals surface area contributed by atoms with Crippen LogP contribution in [0, 0.1) is 5.82 Å². The molecule has 0 saturated carbocycles. The minimum absolute atomic E-state index is 0.0868. The highest BCUT2D eigenvalue weighted by Crippen LogP contribution is 2.34. The number of nitrogens with two attached hydrogens (primary N) is 1. The van der Waals surface area contributed by atoms with Crippen molar-refractivity contribution < 1.29 is 27.2 Å². The van der Waals surface area contributed by atoms with Crippen molar-refractivity contribution in [2.24, 2.45) is 5.73 Å². The lowest BCUT2D eigenvalue weighted by Gasteiger charge is -2.35. The number of halogens is 4. The molecule has 0 heterocycles. The first-order chi connectivity index (χ1) is 13.1. The summed E-state index contributed by atoms with van der Waals surface area (Å²) >= 11 is 0. The van der Waals surface area contributed by atoms with Crippen LogP contribution < -0.4 is 5.73 Å². The molecule has 8 heteroatoms. The van der Waals surface area contributed by atoms with E-state index in [1.54, 1.807) is 25.1 Å². The van der Waals surface area contributed by atoms with Gasteiger partial charge in [-0.25, -0.2) is 4.39 Å². The minimum atomic E-state index is -4.75. The summed E-state index contributed by atoms with van der Waals surface area (Å²) in [5, 5.41) is 0. The van der Waals surface area contributed by atoms with E-state index < -0.39 is 41.5 Å². The van der Waals surface area contributed by atoms with Crippen LogP contribution in [0.2, 0.25) is 0 Å². The number of primary amides is 1. The number of carbonyl (C=O) groups is 2. The van der Waals surface area contributed by atoms with Crippen molar-refractivity contribution in [2.45, 2.75) is 38.5 Å². The predicted molar refractivity (Wildman–Crippen MR) is 95.7 cm³/mol. The number of benzene rings is 2. The summed E-state index contributed by atoms with van der Waals surface area (Å²) in [5.41, 5.74) is 4.40. The van der Waals surface area contributed by atoms with Gasteiger partial charge in [-0.05, 0) is 49.2 Å². The largest absolute Gasteiger partial charge is 0.416 e. The Morgan fingerprint density at radius 2 is 1.71 bits per heavy atom. The summed E-state index contributed by atoms with van der Waals surface area (Å²) in [6.45, 7) is 3.06. The van der Waals surface area contributed by atoms with Gasteiger partial charge in [-0.1, -0.05) is 25.1 Å². The molecule has 0 saturated heterocycles. The van der Waals surface area contributed by atoms with E-state index in [0.29, 0.717) is 6.07 Å². The van der Waals surface area contributed by atoms with E-state index in [9.17, 15) is 27.2 Å². The average molecular weight is 396 g/mol. The first-order valence-corrected chi connectivity index (χ1v) is 8.61. The molecule has 2 atom stereocenters. The van der Waals surface area contributed by atoms with Crippen molar-refractivity contribution in [1.29, 1.82) is 0 Å². The van der Waals surface area contributed by atoms with E-state index in [-0.39, 0.29) is 17.5 Å². The number of carbonyl (C=O) groups excluding carboxylic acids is 2. The maximum absolute atomic E-state index is 13.9. The van der Waals surface area contributed by atoms with Gasteiger partial charge in [-0.3, -0.25) is 9.59 Å². The lowest BCUT2D eigenvalue weighted by atomic mass is 9.99. The van der Waals surface area contributed by atoms with Gasteiger partial charge in [0.15, 0.2) is 0 Å². The molecule has 2 aromatic carbocycles. The van der Waals surface area contributed by atoms with E-state index in [0.717, 1.165) is 17.0 Å². The van der Waals surface area contributed by atoms with Gasteiger partial charge in [-0.15, -0.1) is 0 Å². The Morgan fingerprint density at radius 1 is 1.11 bits per heavy atom. The van der Waals surface area contributed by atoms with Crippen LogP contribution in [-0.4, -0.2) is 22.8 Å². The molecule has 0 fully saturated rings. The van der Waals surface area contributed by atoms with Gasteiger partial charge in [0.1, 0.15) is 11.9 Å². The third kappa shape index (κ3) is 4.68. The second-order valence-corrected chi connectivity index (χ2v) is 6.35. The van der Waals surface area contributed by atoms with Gasteiger partial charge in [0.05, 0.1) is 11.6 Å². The molecule has 4 nitrogen and oxygen atoms in total. The zero-order chi connectivity index (χ0) is 21.1. The van der Waals surface area contributed by atoms with Crippen LogP contribution in [0.15, 0.2) is 48.5 Å². The van der Waals surface area contributed by atoms with Gasteiger partial charge >= 0.3 is 6.18 Å². The highest BCUT2D eigenvalue weighted by atomic mass is 19.4. The first-order valence-electron chi connectivity index (χ1n) is 8.61. The van der Waals surface area contributed by atoms with Gasteiger partial charge in [0.2, 0.25) is 5.91 Å². The van der Waals surface area contributed by atoms with E-state index in [1.165, 1.54) is 19.1 Å². The Balaban J connectivity index is 2.56. The van der Waals surface area contributed by atoms with Crippen LogP contribution in [0.5, 0.6) is 0 Å². The molecule has 28 heavy (non-hydrogen) atoms. The van der Waals surface area contributed by atoms with E-state index in [4.69, 9.17) is 5.73 Å². The van der Waals surface area contributed by atoms with Gasteiger partial charge in [0, 0.05) is 5.56 Å². The van der Waals surface area contributed by atoms with Gasteiger partial charge < -0.3 is 10.6 Å². The average Bonchev–Trinajstić information content (AvgIpc) is 2.64.